The van der Waals surface area contributed by atoms with Gasteiger partial charge < -0.3 is 4.74 Å². The van der Waals surface area contributed by atoms with E-state index in [9.17, 15) is 13.2 Å². The van der Waals surface area contributed by atoms with E-state index < -0.39 is 26.4 Å². The Labute approximate surface area is 100 Å². The molecule has 1 rings (SSSR count). The van der Waals surface area contributed by atoms with Crippen molar-refractivity contribution < 1.29 is 22.5 Å². The lowest BCUT2D eigenvalue weighted by Crippen LogP contribution is -2.26. The molecule has 6 heteroatoms. The van der Waals surface area contributed by atoms with Crippen molar-refractivity contribution in [1.29, 1.82) is 0 Å². The number of benzene rings is 1. The smallest absolute Gasteiger partial charge is 0.316 e. The van der Waals surface area contributed by atoms with Crippen molar-refractivity contribution in [3.63, 3.8) is 0 Å². The van der Waals surface area contributed by atoms with Gasteiger partial charge >= 0.3 is 5.97 Å². The summed E-state index contributed by atoms with van der Waals surface area (Å²) in [6.07, 6.45) is 0. The summed E-state index contributed by atoms with van der Waals surface area (Å²) < 4.78 is 36.0. The highest BCUT2D eigenvalue weighted by molar-refractivity contribution is 7.86. The van der Waals surface area contributed by atoms with Crippen LogP contribution < -0.4 is 4.74 Å². The van der Waals surface area contributed by atoms with Gasteiger partial charge in [-0.15, -0.1) is 0 Å². The average Bonchev–Trinajstić information content (AvgIpc) is 2.15. The zero-order valence-electron chi connectivity index (χ0n) is 9.80. The molecule has 0 aliphatic rings. The first kappa shape index (κ1) is 13.7. The molecule has 0 atom stereocenters. The zero-order chi connectivity index (χ0) is 13.3. The van der Waals surface area contributed by atoms with Crippen LogP contribution in [0.15, 0.2) is 29.2 Å². The lowest BCUT2D eigenvalue weighted by atomic mass is 9.97. The van der Waals surface area contributed by atoms with Crippen molar-refractivity contribution in [2.45, 2.75) is 25.7 Å². The maximum atomic E-state index is 11.6. The van der Waals surface area contributed by atoms with E-state index in [2.05, 4.69) is 0 Å². The molecule has 5 nitrogen and oxygen atoms in total. The van der Waals surface area contributed by atoms with Crippen LogP contribution in [0.3, 0.4) is 0 Å². The maximum absolute atomic E-state index is 11.6. The largest absolute Gasteiger partial charge is 0.425 e. The minimum Gasteiger partial charge on any atom is -0.425 e. The monoisotopic (exact) mass is 258 g/mol. The van der Waals surface area contributed by atoms with E-state index in [1.165, 1.54) is 24.3 Å². The number of hydrogen-bond donors (Lipinski definition) is 1. The van der Waals surface area contributed by atoms with E-state index in [0.29, 0.717) is 0 Å². The molecule has 0 amide bonds. The Morgan fingerprint density at radius 1 is 1.24 bits per heavy atom. The van der Waals surface area contributed by atoms with E-state index in [0.717, 1.165) is 0 Å². The molecule has 0 bridgehead atoms. The fourth-order valence-corrected chi connectivity index (χ4v) is 1.62. The van der Waals surface area contributed by atoms with Crippen LogP contribution >= 0.6 is 0 Å². The van der Waals surface area contributed by atoms with Crippen LogP contribution in [0.4, 0.5) is 0 Å². The molecule has 17 heavy (non-hydrogen) atoms. The predicted octanol–water partition coefficient (Wildman–Crippen LogP) is 1.88. The van der Waals surface area contributed by atoms with E-state index in [4.69, 9.17) is 9.29 Å². The second-order valence-electron chi connectivity index (χ2n) is 4.56. The van der Waals surface area contributed by atoms with Gasteiger partial charge in [-0.2, -0.15) is 8.42 Å². The number of rotatable bonds is 2. The first-order valence-electron chi connectivity index (χ1n) is 4.91. The minimum atomic E-state index is -4.40. The Bertz CT molecular complexity index is 525. The van der Waals surface area contributed by atoms with Gasteiger partial charge in [0, 0.05) is 0 Å². The van der Waals surface area contributed by atoms with Gasteiger partial charge in [-0.1, -0.05) is 12.1 Å². The molecule has 0 unspecified atom stereocenters. The number of esters is 1. The third-order valence-corrected chi connectivity index (χ3v) is 2.84. The fraction of sp³-hybridized carbons (Fsp3) is 0.364. The standard InChI is InChI=1S/C11H14O5S/c1-11(2,3)10(12)16-8-6-4-5-7-9(8)17(13,14)15/h4-7H,1-3H3,(H,13,14,15). The summed E-state index contributed by atoms with van der Waals surface area (Å²) in [6.45, 7) is 4.93. The number of ether oxygens (including phenoxy) is 1. The SMILES string of the molecule is CC(C)(C)C(=O)Oc1ccccc1S(=O)(=O)O. The quantitative estimate of drug-likeness (QED) is 0.497. The van der Waals surface area contributed by atoms with Crippen LogP contribution in [0.5, 0.6) is 5.75 Å². The van der Waals surface area contributed by atoms with Crippen LogP contribution in [-0.4, -0.2) is 18.9 Å². The Kier molecular flexibility index (Phi) is 3.59. The van der Waals surface area contributed by atoms with Crippen LogP contribution in [0.2, 0.25) is 0 Å². The van der Waals surface area contributed by atoms with Crippen molar-refractivity contribution in [2.24, 2.45) is 5.41 Å². The van der Waals surface area contributed by atoms with Gasteiger partial charge in [0.05, 0.1) is 5.41 Å². The molecule has 0 aliphatic carbocycles. The summed E-state index contributed by atoms with van der Waals surface area (Å²) in [6, 6.07) is 5.42. The lowest BCUT2D eigenvalue weighted by Gasteiger charge is -2.17. The summed E-state index contributed by atoms with van der Waals surface area (Å²) >= 11 is 0. The lowest BCUT2D eigenvalue weighted by molar-refractivity contribution is -0.143. The van der Waals surface area contributed by atoms with Gasteiger partial charge in [0.1, 0.15) is 4.90 Å². The Balaban J connectivity index is 3.13. The molecular formula is C11H14O5S. The van der Waals surface area contributed by atoms with Gasteiger partial charge in [-0.3, -0.25) is 9.35 Å². The van der Waals surface area contributed by atoms with Crippen LogP contribution in [0.1, 0.15) is 20.8 Å². The van der Waals surface area contributed by atoms with E-state index in [-0.39, 0.29) is 5.75 Å². The average molecular weight is 258 g/mol. The molecule has 94 valence electrons. The number of carbonyl (C=O) groups is 1. The molecular weight excluding hydrogens is 244 g/mol. The minimum absolute atomic E-state index is 0.171. The van der Waals surface area contributed by atoms with E-state index >= 15 is 0 Å². The predicted molar refractivity (Wildman–Crippen MR) is 61.3 cm³/mol. The highest BCUT2D eigenvalue weighted by atomic mass is 32.2. The Morgan fingerprint density at radius 3 is 2.24 bits per heavy atom. The molecule has 0 fully saturated rings. The van der Waals surface area contributed by atoms with Crippen molar-refractivity contribution in [3.05, 3.63) is 24.3 Å². The molecule has 1 N–H and O–H groups in total. The van der Waals surface area contributed by atoms with Crippen LogP contribution in [0, 0.1) is 5.41 Å². The molecule has 1 aromatic rings. The summed E-state index contributed by atoms with van der Waals surface area (Å²) in [4.78, 5) is 11.2. The maximum Gasteiger partial charge on any atom is 0.316 e. The Hall–Kier alpha value is -1.40. The normalized spacial score (nSPS) is 12.2. The third kappa shape index (κ3) is 3.54. The highest BCUT2D eigenvalue weighted by Crippen LogP contribution is 2.26. The van der Waals surface area contributed by atoms with Crippen molar-refractivity contribution >= 4 is 16.1 Å². The summed E-state index contributed by atoms with van der Waals surface area (Å²) in [7, 11) is -4.40. The third-order valence-electron chi connectivity index (χ3n) is 1.94. The molecule has 0 spiro atoms. The first-order valence-corrected chi connectivity index (χ1v) is 6.35. The topological polar surface area (TPSA) is 80.7 Å². The Morgan fingerprint density at radius 2 is 1.76 bits per heavy atom. The highest BCUT2D eigenvalue weighted by Gasteiger charge is 2.26. The van der Waals surface area contributed by atoms with Crippen molar-refractivity contribution in [3.8, 4) is 5.75 Å². The molecule has 0 saturated heterocycles. The van der Waals surface area contributed by atoms with Gasteiger partial charge in [0.2, 0.25) is 0 Å². The van der Waals surface area contributed by atoms with Crippen molar-refractivity contribution in [1.82, 2.24) is 0 Å². The van der Waals surface area contributed by atoms with E-state index in [1.807, 2.05) is 0 Å². The molecule has 0 saturated carbocycles. The van der Waals surface area contributed by atoms with E-state index in [1.54, 1.807) is 20.8 Å². The number of carbonyl (C=O) groups excluding carboxylic acids is 1. The van der Waals surface area contributed by atoms with Gasteiger partial charge in [0.15, 0.2) is 5.75 Å². The second-order valence-corrected chi connectivity index (χ2v) is 5.95. The number of hydrogen-bond acceptors (Lipinski definition) is 4. The zero-order valence-corrected chi connectivity index (χ0v) is 10.6. The summed E-state index contributed by atoms with van der Waals surface area (Å²) in [5.41, 5.74) is -0.758. The number of para-hydroxylation sites is 1. The second kappa shape index (κ2) is 4.46. The summed E-state index contributed by atoms with van der Waals surface area (Å²) in [5.74, 6) is -0.747. The molecule has 0 heterocycles. The summed E-state index contributed by atoms with van der Waals surface area (Å²) in [5, 5.41) is 0. The van der Waals surface area contributed by atoms with Gasteiger partial charge in [-0.05, 0) is 32.9 Å². The van der Waals surface area contributed by atoms with Gasteiger partial charge in [-0.25, -0.2) is 0 Å². The first-order chi connectivity index (χ1) is 7.62. The van der Waals surface area contributed by atoms with Crippen molar-refractivity contribution in [2.75, 3.05) is 0 Å². The van der Waals surface area contributed by atoms with Gasteiger partial charge in [0.25, 0.3) is 10.1 Å². The molecule has 0 radical (unpaired) electrons. The fourth-order valence-electron chi connectivity index (χ4n) is 1.00. The molecule has 0 aromatic heterocycles. The molecule has 0 aliphatic heterocycles. The molecule has 1 aromatic carbocycles. The van der Waals surface area contributed by atoms with Crippen LogP contribution in [-0.2, 0) is 14.9 Å². The van der Waals surface area contributed by atoms with Crippen LogP contribution in [0.25, 0.3) is 0 Å².